The average Bonchev–Trinajstić information content (AvgIpc) is 3.64. The number of carbonyl (C=O) groups is 1. The number of nitrogens with zero attached hydrogens (tertiary/aromatic N) is 6. The van der Waals surface area contributed by atoms with Crippen molar-refractivity contribution < 1.29 is 34.7 Å². The van der Waals surface area contributed by atoms with Crippen molar-refractivity contribution in [2.75, 3.05) is 24.3 Å². The fourth-order valence-electron chi connectivity index (χ4n) is 6.35. The number of nitriles is 2. The highest BCUT2D eigenvalue weighted by molar-refractivity contribution is 14.0. The number of aromatic nitrogens is 4. The van der Waals surface area contributed by atoms with Crippen molar-refractivity contribution in [3.63, 3.8) is 0 Å². The highest BCUT2D eigenvalue weighted by atomic mass is 127. The normalized spacial score (nSPS) is 24.4. The summed E-state index contributed by atoms with van der Waals surface area (Å²) in [5.41, 5.74) is 3.97. The molecule has 7 N–H and O–H groups in total. The van der Waals surface area contributed by atoms with Crippen molar-refractivity contribution in [1.29, 1.82) is 10.5 Å². The van der Waals surface area contributed by atoms with Crippen LogP contribution >= 0.6 is 24.0 Å². The van der Waals surface area contributed by atoms with E-state index < -0.39 is 73.3 Å². The van der Waals surface area contributed by atoms with Gasteiger partial charge in [-0.25, -0.2) is 9.59 Å². The van der Waals surface area contributed by atoms with Crippen molar-refractivity contribution >= 4 is 41.5 Å². The van der Waals surface area contributed by atoms with Gasteiger partial charge in [0.1, 0.15) is 47.9 Å². The van der Waals surface area contributed by atoms with E-state index in [0.717, 1.165) is 28.4 Å². The molecule has 0 bridgehead atoms. The number of amides is 1. The van der Waals surface area contributed by atoms with E-state index in [4.69, 9.17) is 25.6 Å². The van der Waals surface area contributed by atoms with Gasteiger partial charge in [-0.3, -0.25) is 13.9 Å². The smallest absolute Gasteiger partial charge is 0.351 e. The first-order valence-corrected chi connectivity index (χ1v) is 18.5. The van der Waals surface area contributed by atoms with Crippen molar-refractivity contribution in [2.45, 2.75) is 134 Å². The minimum atomic E-state index is -1.21. The summed E-state index contributed by atoms with van der Waals surface area (Å²) in [6, 6.07) is 6.62. The number of rotatable bonds is 19. The van der Waals surface area contributed by atoms with E-state index in [1.54, 1.807) is 0 Å². The number of halogens is 1. The van der Waals surface area contributed by atoms with Gasteiger partial charge in [-0.15, -0.1) is 24.0 Å². The van der Waals surface area contributed by atoms with Gasteiger partial charge in [0, 0.05) is 18.8 Å². The maximum absolute atomic E-state index is 12.4. The summed E-state index contributed by atoms with van der Waals surface area (Å²) in [6.45, 7) is 1.34. The van der Waals surface area contributed by atoms with Gasteiger partial charge in [0.25, 0.3) is 0 Å². The third kappa shape index (κ3) is 13.7. The van der Waals surface area contributed by atoms with Crippen molar-refractivity contribution in [3.8, 4) is 12.1 Å². The molecule has 2 aliphatic rings. The molecule has 54 heavy (non-hydrogen) atoms. The Balaban J connectivity index is 0.000000444. The van der Waals surface area contributed by atoms with Gasteiger partial charge in [-0.2, -0.15) is 20.5 Å². The molecule has 0 spiro atoms. The molecule has 0 saturated carbocycles. The van der Waals surface area contributed by atoms with Gasteiger partial charge < -0.3 is 41.0 Å². The minimum Gasteiger partial charge on any atom is -0.394 e. The molecule has 18 heteroatoms. The number of carbonyl (C=O) groups excluding carboxylic acids is 1. The lowest BCUT2D eigenvalue weighted by molar-refractivity contribution is -0.116. The Morgan fingerprint density at radius 3 is 1.61 bits per heavy atom. The second-order valence-corrected chi connectivity index (χ2v) is 13.4. The Morgan fingerprint density at radius 1 is 0.778 bits per heavy atom. The molecule has 2 aliphatic heterocycles. The van der Waals surface area contributed by atoms with Crippen LogP contribution in [-0.4, -0.2) is 83.1 Å². The molecule has 17 nitrogen and oxygen atoms in total. The zero-order valence-electron chi connectivity index (χ0n) is 30.7. The van der Waals surface area contributed by atoms with E-state index in [9.17, 15) is 35.0 Å². The van der Waals surface area contributed by atoms with E-state index in [-0.39, 0.29) is 41.5 Å². The third-order valence-electron chi connectivity index (χ3n) is 9.40. The van der Waals surface area contributed by atoms with Gasteiger partial charge in [0.15, 0.2) is 12.5 Å². The van der Waals surface area contributed by atoms with Crippen LogP contribution in [0.15, 0.2) is 34.1 Å². The van der Waals surface area contributed by atoms with Crippen LogP contribution in [-0.2, 0) is 14.3 Å². The molecule has 0 aromatic carbocycles. The second kappa shape index (κ2) is 24.8. The Kier molecular flexibility index (Phi) is 21.4. The predicted octanol–water partition coefficient (Wildman–Crippen LogP) is 2.89. The van der Waals surface area contributed by atoms with Gasteiger partial charge in [0.2, 0.25) is 5.91 Å². The lowest BCUT2D eigenvalue weighted by Gasteiger charge is -2.16. The van der Waals surface area contributed by atoms with E-state index >= 15 is 0 Å². The van der Waals surface area contributed by atoms with E-state index in [0.29, 0.717) is 6.42 Å². The molecular weight excluding hydrogens is 815 g/mol. The number of nitrogen functional groups attached to an aromatic ring is 1. The Hall–Kier alpha value is -3.50. The van der Waals surface area contributed by atoms with Crippen LogP contribution in [0.3, 0.4) is 0 Å². The zero-order chi connectivity index (χ0) is 38.8. The topological polar surface area (TPSA) is 272 Å². The summed E-state index contributed by atoms with van der Waals surface area (Å²) in [4.78, 5) is 43.6. The number of ether oxygens (including phenoxy) is 2. The summed E-state index contributed by atoms with van der Waals surface area (Å²) in [7, 11) is 0. The third-order valence-corrected chi connectivity index (χ3v) is 9.40. The molecule has 2 aromatic rings. The minimum absolute atomic E-state index is 0. The first kappa shape index (κ1) is 46.7. The summed E-state index contributed by atoms with van der Waals surface area (Å²) in [5, 5.41) is 59.0. The summed E-state index contributed by atoms with van der Waals surface area (Å²) >= 11 is 0. The summed E-state index contributed by atoms with van der Waals surface area (Å²) in [5.74, 6) is -1.97. The lowest BCUT2D eigenvalue weighted by Crippen LogP contribution is -2.32. The number of nitrogens with one attached hydrogen (secondary N) is 1. The van der Waals surface area contributed by atoms with Crippen LogP contribution in [0.2, 0.25) is 0 Å². The number of unbranched alkanes of at least 4 members (excludes halogenated alkanes) is 12. The monoisotopic (exact) mass is 870 g/mol. The molecule has 2 aromatic heterocycles. The quantitative estimate of drug-likeness (QED) is 0.0876. The summed E-state index contributed by atoms with van der Waals surface area (Å²) in [6.07, 6.45) is 13.0. The van der Waals surface area contributed by atoms with Gasteiger partial charge >= 0.3 is 11.4 Å². The molecule has 4 heterocycles. The number of aliphatic hydroxyl groups excluding tert-OH is 4. The van der Waals surface area contributed by atoms with Crippen molar-refractivity contribution in [2.24, 2.45) is 11.8 Å². The molecule has 300 valence electrons. The van der Waals surface area contributed by atoms with E-state index in [2.05, 4.69) is 22.2 Å². The van der Waals surface area contributed by atoms with E-state index in [1.807, 2.05) is 12.1 Å². The first-order valence-electron chi connectivity index (χ1n) is 18.5. The average molecular weight is 871 g/mol. The Labute approximate surface area is 332 Å². The Morgan fingerprint density at radius 2 is 1.20 bits per heavy atom. The lowest BCUT2D eigenvalue weighted by atomic mass is 10.0. The molecule has 8 atom stereocenters. The molecule has 2 fully saturated rings. The SMILES string of the molecule is CCCCCCCCCCCCCCCC(=O)Nc1ccn([C@@H]2O[C@H](CO)[C@@H](O)[C@@H]2C#N)c(=O)n1.I.N#C[C@H]1[C@H](O)[C@@H](CO)O[C@H]1n1ccc(N)nc1=O. The molecule has 1 amide bonds. The largest absolute Gasteiger partial charge is 0.394 e. The number of hydrogen-bond donors (Lipinski definition) is 6. The Bertz CT molecular complexity index is 1630. The van der Waals surface area contributed by atoms with Gasteiger partial charge in [-0.1, -0.05) is 84.0 Å². The fourth-order valence-corrected chi connectivity index (χ4v) is 6.35. The van der Waals surface area contributed by atoms with Crippen LogP contribution in [0, 0.1) is 34.5 Å². The number of anilines is 2. The molecule has 4 rings (SSSR count). The maximum atomic E-state index is 12.4. The van der Waals surface area contributed by atoms with Gasteiger partial charge in [-0.05, 0) is 18.6 Å². The van der Waals surface area contributed by atoms with Crippen molar-refractivity contribution in [3.05, 3.63) is 45.5 Å². The van der Waals surface area contributed by atoms with Crippen LogP contribution < -0.4 is 22.4 Å². The van der Waals surface area contributed by atoms with Crippen LogP contribution in [0.5, 0.6) is 0 Å². The fraction of sp³-hybridized carbons (Fsp3) is 0.694. The zero-order valence-corrected chi connectivity index (χ0v) is 33.1. The predicted molar refractivity (Wildman–Crippen MR) is 208 cm³/mol. The molecule has 0 aliphatic carbocycles. The standard InChI is InChI=1S/C26H42N4O5.C10H12N4O4.HI/c1-2-3-4-5-6-7-8-9-10-11-12-13-14-15-23(32)28-22-16-17-30(26(34)29-22)25-20(18-27)24(33)21(19-31)35-25;11-3-5-8(16)6(4-15)18-9(5)14-2-1-7(12)13-10(14)17;/h16-17,20-21,24-25,31,33H,2-15,19H2,1H3,(H,28,29,32,34);1-2,5-6,8-9,15-16H,4H2,(H2,12,13,17);1H/t20-,21+,24-,25+;5-,6+,8-,9+;/m00./s1. The van der Waals surface area contributed by atoms with Crippen molar-refractivity contribution in [1.82, 2.24) is 19.1 Å². The van der Waals surface area contributed by atoms with E-state index in [1.165, 1.54) is 88.7 Å². The highest BCUT2D eigenvalue weighted by Crippen LogP contribution is 2.34. The highest BCUT2D eigenvalue weighted by Gasteiger charge is 2.46. The second-order valence-electron chi connectivity index (χ2n) is 13.4. The summed E-state index contributed by atoms with van der Waals surface area (Å²) < 4.78 is 12.9. The molecule has 2 saturated heterocycles. The van der Waals surface area contributed by atoms with Gasteiger partial charge in [0.05, 0.1) is 25.4 Å². The number of nitrogens with two attached hydrogens (primary N) is 1. The molecular formula is C36H55IN8O9. The van der Waals surface area contributed by atoms with Crippen LogP contribution in [0.25, 0.3) is 0 Å². The van der Waals surface area contributed by atoms with Crippen LogP contribution in [0.4, 0.5) is 11.6 Å². The maximum Gasteiger partial charge on any atom is 0.351 e. The number of hydrogen-bond acceptors (Lipinski definition) is 14. The molecule has 0 unspecified atom stereocenters. The number of aliphatic hydroxyl groups is 4. The first-order chi connectivity index (χ1) is 25.6. The molecule has 0 radical (unpaired) electrons. The van der Waals surface area contributed by atoms with Crippen LogP contribution in [0.1, 0.15) is 109 Å².